The lowest BCUT2D eigenvalue weighted by Crippen LogP contribution is -2.47. The highest BCUT2D eigenvalue weighted by atomic mass is 32.2. The molecule has 0 radical (unpaired) electrons. The number of fused-ring (bicyclic) bond motifs is 1. The Morgan fingerprint density at radius 1 is 1.43 bits per heavy atom. The summed E-state index contributed by atoms with van der Waals surface area (Å²) in [6, 6.07) is 4.27. The maximum absolute atomic E-state index is 12.5. The summed E-state index contributed by atoms with van der Waals surface area (Å²) in [6.07, 6.45) is -0.311. The fraction of sp³-hybridized carbons (Fsp3) is 0.462. The molecule has 1 fully saturated rings. The van der Waals surface area contributed by atoms with Crippen LogP contribution in [0.1, 0.15) is 10.4 Å². The van der Waals surface area contributed by atoms with E-state index in [-0.39, 0.29) is 23.1 Å². The third-order valence-electron chi connectivity index (χ3n) is 3.74. The van der Waals surface area contributed by atoms with Crippen LogP contribution in [0.3, 0.4) is 0 Å². The summed E-state index contributed by atoms with van der Waals surface area (Å²) >= 11 is 0. The van der Waals surface area contributed by atoms with E-state index in [0.717, 1.165) is 10.8 Å². The summed E-state index contributed by atoms with van der Waals surface area (Å²) in [6.45, 7) is 1.95. The molecular weight excluding hydrogens is 294 g/mol. The van der Waals surface area contributed by atoms with Crippen LogP contribution in [0.15, 0.2) is 23.1 Å². The van der Waals surface area contributed by atoms with Gasteiger partial charge in [-0.05, 0) is 25.2 Å². The van der Waals surface area contributed by atoms with Crippen molar-refractivity contribution < 1.29 is 17.9 Å². The van der Waals surface area contributed by atoms with Crippen LogP contribution in [-0.2, 0) is 14.8 Å². The van der Waals surface area contributed by atoms with E-state index in [1.54, 1.807) is 0 Å². The molecule has 7 nitrogen and oxygen atoms in total. The van der Waals surface area contributed by atoms with Crippen LogP contribution in [0.2, 0.25) is 0 Å². The van der Waals surface area contributed by atoms with E-state index in [1.165, 1.54) is 18.2 Å². The molecule has 1 aromatic rings. The zero-order valence-corrected chi connectivity index (χ0v) is 12.5. The second-order valence-corrected chi connectivity index (χ2v) is 7.18. The number of rotatable bonds is 2. The van der Waals surface area contributed by atoms with E-state index in [0.29, 0.717) is 18.8 Å². The molecule has 3 rings (SSSR count). The Morgan fingerprint density at radius 3 is 2.90 bits per heavy atom. The largest absolute Gasteiger partial charge is 0.399 e. The minimum atomic E-state index is -3.80. The number of nitrogens with two attached hydrogens (primary N) is 1. The van der Waals surface area contributed by atoms with Crippen molar-refractivity contribution in [3.63, 3.8) is 0 Å². The molecule has 1 atom stereocenters. The van der Waals surface area contributed by atoms with Crippen molar-refractivity contribution >= 4 is 21.6 Å². The first kappa shape index (κ1) is 14.3. The molecule has 0 saturated carbocycles. The Bertz CT molecular complexity index is 689. The van der Waals surface area contributed by atoms with E-state index < -0.39 is 15.9 Å². The van der Waals surface area contributed by atoms with Crippen molar-refractivity contribution in [2.24, 2.45) is 0 Å². The molecule has 114 valence electrons. The van der Waals surface area contributed by atoms with E-state index in [9.17, 15) is 13.2 Å². The summed E-state index contributed by atoms with van der Waals surface area (Å²) in [5.41, 5.74) is 6.14. The highest BCUT2D eigenvalue weighted by Crippen LogP contribution is 2.32. The average molecular weight is 311 g/mol. The molecule has 1 amide bonds. The van der Waals surface area contributed by atoms with Crippen molar-refractivity contribution in [2.45, 2.75) is 11.0 Å². The standard InChI is InChI=1S/C13H17N3O4S/c1-15-4-5-20-10(7-15)8-16-13(17)11-6-9(14)2-3-12(11)21(16,18)19/h2-3,6,10H,4-5,7-8,14H2,1H3. The maximum atomic E-state index is 12.5. The maximum Gasteiger partial charge on any atom is 0.269 e. The monoisotopic (exact) mass is 311 g/mol. The van der Waals surface area contributed by atoms with Gasteiger partial charge in [0.1, 0.15) is 4.90 Å². The van der Waals surface area contributed by atoms with Gasteiger partial charge in [-0.25, -0.2) is 12.7 Å². The molecule has 2 aliphatic heterocycles. The second-order valence-electron chi connectivity index (χ2n) is 5.35. The van der Waals surface area contributed by atoms with Gasteiger partial charge >= 0.3 is 0 Å². The van der Waals surface area contributed by atoms with E-state index in [4.69, 9.17) is 10.5 Å². The molecule has 21 heavy (non-hydrogen) atoms. The van der Waals surface area contributed by atoms with Crippen LogP contribution in [0.25, 0.3) is 0 Å². The van der Waals surface area contributed by atoms with Crippen LogP contribution in [0, 0.1) is 0 Å². The highest BCUT2D eigenvalue weighted by Gasteiger charge is 2.42. The predicted molar refractivity (Wildman–Crippen MR) is 76.3 cm³/mol. The number of anilines is 1. The second kappa shape index (κ2) is 4.97. The summed E-state index contributed by atoms with van der Waals surface area (Å²) in [5.74, 6) is -0.533. The Morgan fingerprint density at radius 2 is 2.19 bits per heavy atom. The summed E-state index contributed by atoms with van der Waals surface area (Å²) in [4.78, 5) is 14.4. The average Bonchev–Trinajstić information content (AvgIpc) is 2.60. The number of nitrogen functional groups attached to an aromatic ring is 1. The minimum Gasteiger partial charge on any atom is -0.399 e. The number of hydrogen-bond donors (Lipinski definition) is 1. The zero-order valence-electron chi connectivity index (χ0n) is 11.7. The number of hydrogen-bond acceptors (Lipinski definition) is 6. The van der Waals surface area contributed by atoms with Crippen molar-refractivity contribution in [1.29, 1.82) is 0 Å². The molecular formula is C13H17N3O4S. The van der Waals surface area contributed by atoms with Crippen LogP contribution in [-0.4, -0.2) is 62.9 Å². The molecule has 0 bridgehead atoms. The van der Waals surface area contributed by atoms with E-state index in [1.807, 2.05) is 11.9 Å². The lowest BCUT2D eigenvalue weighted by atomic mass is 10.2. The summed E-state index contributed by atoms with van der Waals surface area (Å²) in [7, 11) is -1.86. The molecule has 1 unspecified atom stereocenters. The van der Waals surface area contributed by atoms with Crippen LogP contribution < -0.4 is 5.73 Å². The first-order valence-electron chi connectivity index (χ1n) is 6.66. The Hall–Kier alpha value is -1.64. The quantitative estimate of drug-likeness (QED) is 0.757. The van der Waals surface area contributed by atoms with Crippen molar-refractivity contribution in [3.05, 3.63) is 23.8 Å². The molecule has 0 aliphatic carbocycles. The van der Waals surface area contributed by atoms with E-state index in [2.05, 4.69) is 0 Å². The van der Waals surface area contributed by atoms with Crippen molar-refractivity contribution in [3.8, 4) is 0 Å². The number of sulfonamides is 1. The van der Waals surface area contributed by atoms with Crippen molar-refractivity contribution in [1.82, 2.24) is 9.21 Å². The van der Waals surface area contributed by atoms with Gasteiger partial charge in [-0.15, -0.1) is 0 Å². The molecule has 1 aromatic carbocycles. The number of amides is 1. The number of carbonyl (C=O) groups excluding carboxylic acids is 1. The topological polar surface area (TPSA) is 92.9 Å². The summed E-state index contributed by atoms with van der Waals surface area (Å²) < 4.78 is 31.4. The number of benzene rings is 1. The number of carbonyl (C=O) groups is 1. The van der Waals surface area contributed by atoms with Gasteiger partial charge in [0.2, 0.25) is 0 Å². The van der Waals surface area contributed by atoms with Gasteiger partial charge in [0.25, 0.3) is 15.9 Å². The van der Waals surface area contributed by atoms with Crippen LogP contribution in [0.4, 0.5) is 5.69 Å². The molecule has 2 N–H and O–H groups in total. The smallest absolute Gasteiger partial charge is 0.269 e. The molecule has 1 saturated heterocycles. The van der Waals surface area contributed by atoms with Gasteiger partial charge in [0.05, 0.1) is 24.8 Å². The number of morpholine rings is 1. The SMILES string of the molecule is CN1CCOC(CN2C(=O)c3cc(N)ccc3S2(=O)=O)C1. The van der Waals surface area contributed by atoms with Crippen molar-refractivity contribution in [2.75, 3.05) is 39.0 Å². The van der Waals surface area contributed by atoms with Crippen LogP contribution in [0.5, 0.6) is 0 Å². The lowest BCUT2D eigenvalue weighted by molar-refractivity contribution is -0.0248. The number of nitrogens with zero attached hydrogens (tertiary/aromatic N) is 2. The Kier molecular flexibility index (Phi) is 3.39. The number of ether oxygens (including phenoxy) is 1. The van der Waals surface area contributed by atoms with Gasteiger partial charge < -0.3 is 15.4 Å². The molecule has 0 aromatic heterocycles. The highest BCUT2D eigenvalue weighted by molar-refractivity contribution is 7.90. The minimum absolute atomic E-state index is 0.0193. The summed E-state index contributed by atoms with van der Waals surface area (Å²) in [5, 5.41) is 0. The van der Waals surface area contributed by atoms with Crippen LogP contribution >= 0.6 is 0 Å². The normalized spacial score (nSPS) is 25.1. The third kappa shape index (κ3) is 2.39. The number of likely N-dealkylation sites (N-methyl/N-ethyl adjacent to an activating group) is 1. The van der Waals surface area contributed by atoms with Gasteiger partial charge in [0, 0.05) is 18.8 Å². The Balaban J connectivity index is 1.89. The fourth-order valence-electron chi connectivity index (χ4n) is 2.65. The lowest BCUT2D eigenvalue weighted by Gasteiger charge is -2.31. The zero-order chi connectivity index (χ0) is 15.2. The molecule has 8 heteroatoms. The van der Waals surface area contributed by atoms with Gasteiger partial charge in [0.15, 0.2) is 0 Å². The van der Waals surface area contributed by atoms with E-state index >= 15 is 0 Å². The molecule has 2 heterocycles. The first-order valence-corrected chi connectivity index (χ1v) is 8.10. The van der Waals surface area contributed by atoms with Gasteiger partial charge in [-0.1, -0.05) is 0 Å². The van der Waals surface area contributed by atoms with Gasteiger partial charge in [-0.3, -0.25) is 4.79 Å². The first-order chi connectivity index (χ1) is 9.89. The molecule has 2 aliphatic rings. The third-order valence-corrected chi connectivity index (χ3v) is 5.55. The predicted octanol–water partition coefficient (Wildman–Crippen LogP) is -0.256. The Labute approximate surface area is 123 Å². The fourth-order valence-corrected chi connectivity index (χ4v) is 4.23. The van der Waals surface area contributed by atoms with Gasteiger partial charge in [-0.2, -0.15) is 0 Å². The molecule has 0 spiro atoms.